The van der Waals surface area contributed by atoms with E-state index in [4.69, 9.17) is 10.9 Å². The lowest BCUT2D eigenvalue weighted by molar-refractivity contribution is 0.318. The quantitative estimate of drug-likeness (QED) is 0.358. The van der Waals surface area contributed by atoms with Gasteiger partial charge in [0, 0.05) is 23.8 Å². The first-order valence-corrected chi connectivity index (χ1v) is 9.36. The third kappa shape index (κ3) is 3.41. The van der Waals surface area contributed by atoms with Gasteiger partial charge in [-0.2, -0.15) is 11.8 Å². The molecule has 1 saturated heterocycles. The van der Waals surface area contributed by atoms with Crippen LogP contribution in [0.25, 0.3) is 0 Å². The van der Waals surface area contributed by atoms with Crippen LogP contribution in [-0.4, -0.2) is 53.6 Å². The maximum Gasteiger partial charge on any atom is 0.188 e. The lowest BCUT2D eigenvalue weighted by atomic mass is 10.3. The predicted molar refractivity (Wildman–Crippen MR) is 84.7 cm³/mol. The Morgan fingerprint density at radius 1 is 1.62 bits per heavy atom. The first-order chi connectivity index (χ1) is 9.99. The highest BCUT2D eigenvalue weighted by Crippen LogP contribution is 2.27. The van der Waals surface area contributed by atoms with Gasteiger partial charge in [0.25, 0.3) is 0 Å². The summed E-state index contributed by atoms with van der Waals surface area (Å²) in [6.07, 6.45) is 1.56. The monoisotopic (exact) mass is 330 g/mol. The summed E-state index contributed by atoms with van der Waals surface area (Å²) in [6.45, 7) is 2.31. The molecular weight excluding hydrogens is 312 g/mol. The minimum atomic E-state index is -3.16. The van der Waals surface area contributed by atoms with Crippen molar-refractivity contribution in [3.05, 3.63) is 24.0 Å². The van der Waals surface area contributed by atoms with Crippen LogP contribution in [0.4, 0.5) is 5.69 Å². The maximum absolute atomic E-state index is 12.2. The fourth-order valence-corrected chi connectivity index (χ4v) is 5.12. The molecule has 1 fully saturated rings. The number of anilines is 1. The van der Waals surface area contributed by atoms with E-state index in [-0.39, 0.29) is 11.6 Å². The second-order valence-electron chi connectivity index (χ2n) is 4.56. The van der Waals surface area contributed by atoms with Crippen molar-refractivity contribution in [1.82, 2.24) is 4.98 Å². The zero-order chi connectivity index (χ0) is 15.5. The molecule has 0 radical (unpaired) electrons. The van der Waals surface area contributed by atoms with Gasteiger partial charge in [-0.25, -0.2) is 8.42 Å². The van der Waals surface area contributed by atoms with Gasteiger partial charge < -0.3 is 15.8 Å². The first-order valence-electron chi connectivity index (χ1n) is 6.49. The summed E-state index contributed by atoms with van der Waals surface area (Å²) in [6, 6.07) is 3.36. The van der Waals surface area contributed by atoms with Gasteiger partial charge in [0.15, 0.2) is 15.7 Å². The summed E-state index contributed by atoms with van der Waals surface area (Å²) in [5, 5.41) is 11.0. The molecule has 0 spiro atoms. The van der Waals surface area contributed by atoms with E-state index in [1.54, 1.807) is 37.0 Å². The van der Waals surface area contributed by atoms with Crippen molar-refractivity contribution in [3.8, 4) is 0 Å². The number of nitrogens with zero attached hydrogens (tertiary/aromatic N) is 3. The Hall–Kier alpha value is -1.48. The molecule has 1 aromatic rings. The number of sulfone groups is 1. The molecule has 1 unspecified atom stereocenters. The van der Waals surface area contributed by atoms with Crippen molar-refractivity contribution in [2.75, 3.05) is 28.7 Å². The summed E-state index contributed by atoms with van der Waals surface area (Å²) in [4.78, 5) is 5.97. The van der Waals surface area contributed by atoms with E-state index in [0.717, 1.165) is 11.4 Å². The highest BCUT2D eigenvalue weighted by molar-refractivity contribution is 8.01. The van der Waals surface area contributed by atoms with Crippen LogP contribution in [0, 0.1) is 0 Å². The second-order valence-corrected chi connectivity index (χ2v) is 8.16. The SMILES string of the molecule is CCS(=O)(=O)C1CSCCN1c1ccc(/C(N)=N/O)nc1. The highest BCUT2D eigenvalue weighted by atomic mass is 32.2. The summed E-state index contributed by atoms with van der Waals surface area (Å²) in [5.74, 6) is 1.47. The van der Waals surface area contributed by atoms with Gasteiger partial charge in [-0.15, -0.1) is 0 Å². The molecule has 1 aliphatic heterocycles. The van der Waals surface area contributed by atoms with Crippen LogP contribution in [0.3, 0.4) is 0 Å². The summed E-state index contributed by atoms with van der Waals surface area (Å²) in [5.41, 5.74) is 6.54. The molecule has 0 saturated carbocycles. The number of aromatic nitrogens is 1. The molecule has 21 heavy (non-hydrogen) atoms. The highest BCUT2D eigenvalue weighted by Gasteiger charge is 2.33. The van der Waals surface area contributed by atoms with Crippen molar-refractivity contribution in [1.29, 1.82) is 0 Å². The van der Waals surface area contributed by atoms with Gasteiger partial charge in [-0.3, -0.25) is 4.98 Å². The van der Waals surface area contributed by atoms with Crippen LogP contribution in [-0.2, 0) is 9.84 Å². The van der Waals surface area contributed by atoms with E-state index >= 15 is 0 Å². The minimum absolute atomic E-state index is 0.0755. The molecule has 0 aliphatic carbocycles. The average molecular weight is 330 g/mol. The molecule has 2 rings (SSSR count). The molecule has 7 nitrogen and oxygen atoms in total. The number of oxime groups is 1. The van der Waals surface area contributed by atoms with Gasteiger partial charge in [-0.1, -0.05) is 12.1 Å². The Morgan fingerprint density at radius 3 is 2.95 bits per heavy atom. The maximum atomic E-state index is 12.2. The van der Waals surface area contributed by atoms with Crippen LogP contribution in [0.5, 0.6) is 0 Å². The van der Waals surface area contributed by atoms with Crippen LogP contribution >= 0.6 is 11.8 Å². The van der Waals surface area contributed by atoms with E-state index < -0.39 is 15.2 Å². The van der Waals surface area contributed by atoms with E-state index in [1.165, 1.54) is 0 Å². The smallest absolute Gasteiger partial charge is 0.188 e. The molecule has 0 aromatic carbocycles. The molecule has 116 valence electrons. The zero-order valence-electron chi connectivity index (χ0n) is 11.6. The molecule has 2 heterocycles. The van der Waals surface area contributed by atoms with Crippen LogP contribution in [0.2, 0.25) is 0 Å². The van der Waals surface area contributed by atoms with Gasteiger partial charge >= 0.3 is 0 Å². The third-order valence-electron chi connectivity index (χ3n) is 3.35. The average Bonchev–Trinajstić information content (AvgIpc) is 2.54. The number of hydrogen-bond donors (Lipinski definition) is 2. The number of pyridine rings is 1. The lowest BCUT2D eigenvalue weighted by Gasteiger charge is -2.36. The number of rotatable bonds is 4. The van der Waals surface area contributed by atoms with Gasteiger partial charge in [0.2, 0.25) is 0 Å². The summed E-state index contributed by atoms with van der Waals surface area (Å²) >= 11 is 1.64. The Bertz CT molecular complexity index is 616. The van der Waals surface area contributed by atoms with Crippen LogP contribution in [0.15, 0.2) is 23.5 Å². The second kappa shape index (κ2) is 6.52. The fraction of sp³-hybridized carbons (Fsp3) is 0.500. The number of thioether (sulfide) groups is 1. The number of nitrogens with two attached hydrogens (primary N) is 1. The molecular formula is C12H18N4O3S2. The van der Waals surface area contributed by atoms with Crippen LogP contribution in [0.1, 0.15) is 12.6 Å². The Kier molecular flexibility index (Phi) is 4.94. The van der Waals surface area contributed by atoms with Crippen molar-refractivity contribution in [3.63, 3.8) is 0 Å². The lowest BCUT2D eigenvalue weighted by Crippen LogP contribution is -2.48. The molecule has 1 aromatic heterocycles. The first kappa shape index (κ1) is 15.9. The van der Waals surface area contributed by atoms with E-state index in [2.05, 4.69) is 10.1 Å². The van der Waals surface area contributed by atoms with Crippen molar-refractivity contribution in [2.24, 2.45) is 10.9 Å². The molecule has 0 bridgehead atoms. The predicted octanol–water partition coefficient (Wildman–Crippen LogP) is 0.490. The molecule has 1 atom stereocenters. The van der Waals surface area contributed by atoms with E-state index in [0.29, 0.717) is 18.0 Å². The van der Waals surface area contributed by atoms with Gasteiger partial charge in [0.05, 0.1) is 11.9 Å². The largest absolute Gasteiger partial charge is 0.409 e. The normalized spacial score (nSPS) is 20.5. The van der Waals surface area contributed by atoms with Gasteiger partial charge in [0.1, 0.15) is 11.1 Å². The molecule has 0 amide bonds. The van der Waals surface area contributed by atoms with Crippen molar-refractivity contribution in [2.45, 2.75) is 12.3 Å². The number of amidine groups is 1. The zero-order valence-corrected chi connectivity index (χ0v) is 13.3. The van der Waals surface area contributed by atoms with E-state index in [1.807, 2.05) is 4.90 Å². The standard InChI is InChI=1S/C12H18N4O3S2/c1-2-21(18,19)11-8-20-6-5-16(11)9-3-4-10(14-7-9)12(13)15-17/h3-4,7,11,17H,2,5-6,8H2,1H3,(H2,13,15). The summed E-state index contributed by atoms with van der Waals surface area (Å²) in [7, 11) is -3.16. The minimum Gasteiger partial charge on any atom is -0.409 e. The molecule has 3 N–H and O–H groups in total. The fourth-order valence-electron chi connectivity index (χ4n) is 2.12. The topological polar surface area (TPSA) is 109 Å². The Morgan fingerprint density at radius 2 is 2.38 bits per heavy atom. The van der Waals surface area contributed by atoms with Crippen molar-refractivity contribution < 1.29 is 13.6 Å². The Labute approximate surface area is 128 Å². The number of hydrogen-bond acceptors (Lipinski definition) is 7. The third-order valence-corrected chi connectivity index (χ3v) is 6.64. The Balaban J connectivity index is 2.30. The van der Waals surface area contributed by atoms with Crippen molar-refractivity contribution >= 4 is 33.1 Å². The molecule has 1 aliphatic rings. The van der Waals surface area contributed by atoms with E-state index in [9.17, 15) is 8.42 Å². The summed E-state index contributed by atoms with van der Waals surface area (Å²) < 4.78 is 24.4. The molecule has 9 heteroatoms. The van der Waals surface area contributed by atoms with Gasteiger partial charge in [-0.05, 0) is 12.1 Å². The van der Waals surface area contributed by atoms with Crippen LogP contribution < -0.4 is 10.6 Å².